The summed E-state index contributed by atoms with van der Waals surface area (Å²) >= 11 is 0. The van der Waals surface area contributed by atoms with Crippen molar-refractivity contribution >= 4 is 11.9 Å². The fourth-order valence-corrected chi connectivity index (χ4v) is 2.30. The van der Waals surface area contributed by atoms with Crippen molar-refractivity contribution in [2.24, 2.45) is 4.99 Å². The van der Waals surface area contributed by atoms with Gasteiger partial charge in [-0.05, 0) is 32.0 Å². The van der Waals surface area contributed by atoms with Crippen LogP contribution in [0.1, 0.15) is 19.4 Å². The Hall–Kier alpha value is -2.69. The van der Waals surface area contributed by atoms with E-state index >= 15 is 0 Å². The van der Waals surface area contributed by atoms with Gasteiger partial charge in [-0.2, -0.15) is 0 Å². The molecule has 0 fully saturated rings. The average Bonchev–Trinajstić information content (AvgIpc) is 3.01. The van der Waals surface area contributed by atoms with Crippen LogP contribution < -0.4 is 18.9 Å². The zero-order valence-electron chi connectivity index (χ0n) is 13.2. The highest BCUT2D eigenvalue weighted by Gasteiger charge is 2.17. The lowest BCUT2D eigenvalue weighted by Gasteiger charge is -2.09. The molecule has 3 rings (SSSR count). The van der Waals surface area contributed by atoms with Gasteiger partial charge in [-0.3, -0.25) is 4.99 Å². The van der Waals surface area contributed by atoms with Crippen molar-refractivity contribution in [1.29, 1.82) is 0 Å². The van der Waals surface area contributed by atoms with Gasteiger partial charge < -0.3 is 18.9 Å². The summed E-state index contributed by atoms with van der Waals surface area (Å²) in [6.07, 6.45) is 1.75. The molecule has 1 aliphatic rings. The predicted molar refractivity (Wildman–Crippen MR) is 88.6 cm³/mol. The van der Waals surface area contributed by atoms with E-state index in [0.717, 1.165) is 22.7 Å². The molecule has 0 aliphatic carbocycles. The zero-order valence-corrected chi connectivity index (χ0v) is 13.2. The first kappa shape index (κ1) is 15.2. The van der Waals surface area contributed by atoms with E-state index in [1.807, 2.05) is 50.2 Å². The molecule has 5 heteroatoms. The summed E-state index contributed by atoms with van der Waals surface area (Å²) < 4.78 is 22.1. The fraction of sp³-hybridized carbons (Fsp3) is 0.278. The molecule has 0 saturated carbocycles. The van der Waals surface area contributed by atoms with Crippen LogP contribution in [0.3, 0.4) is 0 Å². The maximum Gasteiger partial charge on any atom is 0.231 e. The maximum absolute atomic E-state index is 5.67. The highest BCUT2D eigenvalue weighted by Crippen LogP contribution is 2.38. The summed E-state index contributed by atoms with van der Waals surface area (Å²) in [6.45, 7) is 5.28. The first-order valence-electron chi connectivity index (χ1n) is 7.64. The third-order valence-corrected chi connectivity index (χ3v) is 3.31. The van der Waals surface area contributed by atoms with Gasteiger partial charge in [-0.25, -0.2) is 0 Å². The molecule has 0 aromatic heterocycles. The van der Waals surface area contributed by atoms with Crippen molar-refractivity contribution in [3.05, 3.63) is 42.0 Å². The molecule has 5 nitrogen and oxygen atoms in total. The lowest BCUT2D eigenvalue weighted by molar-refractivity contribution is 0.174. The van der Waals surface area contributed by atoms with Crippen LogP contribution in [0.2, 0.25) is 0 Å². The van der Waals surface area contributed by atoms with Gasteiger partial charge in [0, 0.05) is 17.8 Å². The molecular formula is C18H19NO4. The van der Waals surface area contributed by atoms with Crippen LogP contribution in [0.4, 0.5) is 5.69 Å². The van der Waals surface area contributed by atoms with Crippen LogP contribution in [-0.4, -0.2) is 26.2 Å². The molecule has 0 radical (unpaired) electrons. The van der Waals surface area contributed by atoms with E-state index in [2.05, 4.69) is 4.99 Å². The van der Waals surface area contributed by atoms with Crippen LogP contribution in [-0.2, 0) is 0 Å². The van der Waals surface area contributed by atoms with Crippen molar-refractivity contribution in [3.63, 3.8) is 0 Å². The molecule has 0 saturated heterocycles. The Morgan fingerprint density at radius 1 is 1.00 bits per heavy atom. The molecule has 0 atom stereocenters. The van der Waals surface area contributed by atoms with Crippen LogP contribution in [0, 0.1) is 0 Å². The van der Waals surface area contributed by atoms with E-state index in [1.54, 1.807) is 6.21 Å². The number of hydrogen-bond donors (Lipinski definition) is 0. The Labute approximate surface area is 135 Å². The minimum atomic E-state index is 0.231. The SMILES string of the molecule is CCOc1cc2c(cc1C=Nc1ccccc1OCC)OCO2. The molecule has 0 amide bonds. The summed E-state index contributed by atoms with van der Waals surface area (Å²) in [6, 6.07) is 11.4. The maximum atomic E-state index is 5.67. The van der Waals surface area contributed by atoms with E-state index < -0.39 is 0 Å². The van der Waals surface area contributed by atoms with Crippen molar-refractivity contribution in [2.45, 2.75) is 13.8 Å². The lowest BCUT2D eigenvalue weighted by atomic mass is 10.2. The molecule has 2 aromatic rings. The molecule has 1 aliphatic heterocycles. The molecule has 120 valence electrons. The molecule has 0 N–H and O–H groups in total. The first-order valence-corrected chi connectivity index (χ1v) is 7.64. The Morgan fingerprint density at radius 3 is 2.48 bits per heavy atom. The molecular weight excluding hydrogens is 294 g/mol. The molecule has 0 unspecified atom stereocenters. The van der Waals surface area contributed by atoms with Crippen molar-refractivity contribution < 1.29 is 18.9 Å². The summed E-state index contributed by atoms with van der Waals surface area (Å²) in [7, 11) is 0. The van der Waals surface area contributed by atoms with Gasteiger partial charge in [0.1, 0.15) is 17.2 Å². The second kappa shape index (κ2) is 7.05. The number of hydrogen-bond acceptors (Lipinski definition) is 5. The number of ether oxygens (including phenoxy) is 4. The second-order valence-electron chi connectivity index (χ2n) is 4.84. The molecule has 0 bridgehead atoms. The number of fused-ring (bicyclic) bond motifs is 1. The van der Waals surface area contributed by atoms with Gasteiger partial charge >= 0.3 is 0 Å². The Kier molecular flexibility index (Phi) is 4.66. The van der Waals surface area contributed by atoms with E-state index in [4.69, 9.17) is 18.9 Å². The average molecular weight is 313 g/mol. The van der Waals surface area contributed by atoms with Crippen LogP contribution in [0.5, 0.6) is 23.0 Å². The zero-order chi connectivity index (χ0) is 16.1. The molecule has 1 heterocycles. The summed E-state index contributed by atoms with van der Waals surface area (Å²) in [5.41, 5.74) is 1.61. The van der Waals surface area contributed by atoms with E-state index in [-0.39, 0.29) is 6.79 Å². The van der Waals surface area contributed by atoms with Gasteiger partial charge in [-0.1, -0.05) is 12.1 Å². The topological polar surface area (TPSA) is 49.3 Å². The van der Waals surface area contributed by atoms with Crippen molar-refractivity contribution in [3.8, 4) is 23.0 Å². The number of para-hydroxylation sites is 2. The van der Waals surface area contributed by atoms with E-state index in [9.17, 15) is 0 Å². The number of nitrogens with zero attached hydrogens (tertiary/aromatic N) is 1. The first-order chi connectivity index (χ1) is 11.3. The lowest BCUT2D eigenvalue weighted by Crippen LogP contribution is -1.96. The Morgan fingerprint density at radius 2 is 1.70 bits per heavy atom. The van der Waals surface area contributed by atoms with E-state index in [1.165, 1.54) is 0 Å². The fourth-order valence-electron chi connectivity index (χ4n) is 2.30. The van der Waals surface area contributed by atoms with Gasteiger partial charge in [0.15, 0.2) is 11.5 Å². The van der Waals surface area contributed by atoms with Gasteiger partial charge in [0.25, 0.3) is 0 Å². The summed E-state index contributed by atoms with van der Waals surface area (Å²) in [4.78, 5) is 4.54. The van der Waals surface area contributed by atoms with Gasteiger partial charge in [0.2, 0.25) is 6.79 Å². The number of aliphatic imine (C=N–C) groups is 1. The Bertz CT molecular complexity index is 712. The monoisotopic (exact) mass is 313 g/mol. The summed E-state index contributed by atoms with van der Waals surface area (Å²) in [5, 5.41) is 0. The molecule has 0 spiro atoms. The van der Waals surface area contributed by atoms with Crippen LogP contribution >= 0.6 is 0 Å². The van der Waals surface area contributed by atoms with E-state index in [0.29, 0.717) is 24.7 Å². The Balaban J connectivity index is 1.93. The quantitative estimate of drug-likeness (QED) is 0.757. The standard InChI is InChI=1S/C18H19NO4/c1-3-20-15-8-6-5-7-14(15)19-11-13-9-17-18(23-12-22-17)10-16(13)21-4-2/h5-11H,3-4,12H2,1-2H3. The van der Waals surface area contributed by atoms with Crippen LogP contribution in [0.25, 0.3) is 0 Å². The third kappa shape index (κ3) is 3.39. The smallest absolute Gasteiger partial charge is 0.231 e. The molecule has 2 aromatic carbocycles. The second-order valence-corrected chi connectivity index (χ2v) is 4.84. The van der Waals surface area contributed by atoms with Crippen LogP contribution in [0.15, 0.2) is 41.4 Å². The number of benzene rings is 2. The third-order valence-electron chi connectivity index (χ3n) is 3.31. The minimum Gasteiger partial charge on any atom is -0.493 e. The molecule has 23 heavy (non-hydrogen) atoms. The normalized spacial score (nSPS) is 12.6. The highest BCUT2D eigenvalue weighted by molar-refractivity contribution is 5.87. The minimum absolute atomic E-state index is 0.231. The van der Waals surface area contributed by atoms with Crippen molar-refractivity contribution in [1.82, 2.24) is 0 Å². The predicted octanol–water partition coefficient (Wildman–Crippen LogP) is 3.96. The highest BCUT2D eigenvalue weighted by atomic mass is 16.7. The number of rotatable bonds is 6. The van der Waals surface area contributed by atoms with Gasteiger partial charge in [-0.15, -0.1) is 0 Å². The van der Waals surface area contributed by atoms with Gasteiger partial charge in [0.05, 0.1) is 13.2 Å². The summed E-state index contributed by atoms with van der Waals surface area (Å²) in [5.74, 6) is 2.87. The largest absolute Gasteiger partial charge is 0.493 e. The van der Waals surface area contributed by atoms with Crippen molar-refractivity contribution in [2.75, 3.05) is 20.0 Å².